The van der Waals surface area contributed by atoms with Crippen molar-refractivity contribution in [1.82, 2.24) is 0 Å². The van der Waals surface area contributed by atoms with Gasteiger partial charge in [-0.25, -0.2) is 0 Å². The average molecular weight is 669 g/mol. The first-order valence-corrected chi connectivity index (χ1v) is 21.5. The first-order valence-electron chi connectivity index (χ1n) is 18.0. The Hall–Kier alpha value is -5.84. The Kier molecular flexibility index (Phi) is 6.68. The summed E-state index contributed by atoms with van der Waals surface area (Å²) in [5.41, 5.74) is 13.8. The summed E-state index contributed by atoms with van der Waals surface area (Å²) in [5, 5.41) is 6.51. The molecule has 2 heterocycles. The van der Waals surface area contributed by atoms with Crippen LogP contribution < -0.4 is 31.4 Å². The van der Waals surface area contributed by atoms with Gasteiger partial charge in [-0.05, 0) is 74.7 Å². The zero-order chi connectivity index (χ0) is 34.3. The van der Waals surface area contributed by atoms with Gasteiger partial charge < -0.3 is 9.80 Å². The third-order valence-electron chi connectivity index (χ3n) is 11.0. The largest absolute Gasteiger partial charge is 0.311 e. The summed E-state index contributed by atoms with van der Waals surface area (Å²) in [5.74, 6) is 0. The van der Waals surface area contributed by atoms with Gasteiger partial charge >= 0.3 is 0 Å². The number of anilines is 6. The van der Waals surface area contributed by atoms with Crippen molar-refractivity contribution in [1.29, 1.82) is 0 Å². The quantitative estimate of drug-likeness (QED) is 0.172. The molecule has 8 aromatic rings. The van der Waals surface area contributed by atoms with E-state index in [0.29, 0.717) is 0 Å². The molecule has 0 N–H and O–H groups in total. The Morgan fingerprint density at radius 1 is 0.431 bits per heavy atom. The Morgan fingerprint density at radius 2 is 0.882 bits per heavy atom. The predicted molar refractivity (Wildman–Crippen MR) is 224 cm³/mol. The molecule has 4 heteroatoms. The minimum absolute atomic E-state index is 0.0532. The van der Waals surface area contributed by atoms with Crippen LogP contribution in [0.4, 0.5) is 34.1 Å². The molecule has 0 bridgehead atoms. The fraction of sp³-hybridized carbons (Fsp3) is 0.0638. The van der Waals surface area contributed by atoms with Crippen LogP contribution in [0.5, 0.6) is 0 Å². The van der Waals surface area contributed by atoms with Crippen molar-refractivity contribution in [3.63, 3.8) is 0 Å². The van der Waals surface area contributed by atoms with Gasteiger partial charge in [0, 0.05) is 44.9 Å². The summed E-state index contributed by atoms with van der Waals surface area (Å²) in [6.45, 7) is 7.32. The van der Waals surface area contributed by atoms with Crippen molar-refractivity contribution >= 4 is 92.0 Å². The van der Waals surface area contributed by atoms with Crippen LogP contribution in [0, 0.1) is 0 Å². The highest BCUT2D eigenvalue weighted by atomic mass is 28.3. The van der Waals surface area contributed by atoms with E-state index < -0.39 is 8.07 Å². The molecule has 2 aliphatic rings. The van der Waals surface area contributed by atoms with Crippen LogP contribution in [0.2, 0.25) is 19.6 Å². The summed E-state index contributed by atoms with van der Waals surface area (Å²) < 4.78 is 0. The van der Waals surface area contributed by atoms with Gasteiger partial charge in [0.1, 0.15) is 0 Å². The Balaban J connectivity index is 1.37. The molecule has 0 spiro atoms. The minimum atomic E-state index is -1.46. The lowest BCUT2D eigenvalue weighted by Gasteiger charge is -2.45. The van der Waals surface area contributed by atoms with Crippen molar-refractivity contribution in [2.45, 2.75) is 19.6 Å². The average Bonchev–Trinajstić information content (AvgIpc) is 3.17. The van der Waals surface area contributed by atoms with Crippen molar-refractivity contribution < 1.29 is 0 Å². The number of benzene rings is 8. The Morgan fingerprint density at radius 3 is 1.35 bits per heavy atom. The normalized spacial score (nSPS) is 13.3. The SMILES string of the molecule is C[Si](C)(C)c1ccc(-c2cc3c4c(c2)N(c2ccccc2)c2c(ccc5ccccc25)B4c2ccc4ccccc4c2N3c2ccccc2)cc1. The molecule has 0 saturated heterocycles. The maximum Gasteiger partial charge on any atom is 0.252 e. The predicted octanol–water partition coefficient (Wildman–Crippen LogP) is 10.3. The van der Waals surface area contributed by atoms with Crippen LogP contribution in [0.15, 0.2) is 170 Å². The molecule has 0 fully saturated rings. The molecular formula is C47H37BN2Si. The molecular weight excluding hydrogens is 631 g/mol. The first-order chi connectivity index (χ1) is 25.0. The van der Waals surface area contributed by atoms with E-state index in [0.717, 1.165) is 11.4 Å². The Bertz CT molecular complexity index is 2480. The molecule has 0 amide bonds. The second kappa shape index (κ2) is 11.3. The smallest absolute Gasteiger partial charge is 0.252 e. The van der Waals surface area contributed by atoms with E-state index >= 15 is 0 Å². The summed E-state index contributed by atoms with van der Waals surface area (Å²) in [4.78, 5) is 5.09. The first kappa shape index (κ1) is 30.0. The zero-order valence-corrected chi connectivity index (χ0v) is 30.1. The molecule has 0 atom stereocenters. The molecule has 0 unspecified atom stereocenters. The molecule has 10 rings (SSSR count). The van der Waals surface area contributed by atoms with E-state index in [1.165, 1.54) is 77.0 Å². The highest BCUT2D eigenvalue weighted by Crippen LogP contribution is 2.48. The van der Waals surface area contributed by atoms with Gasteiger partial charge in [-0.1, -0.05) is 158 Å². The lowest BCUT2D eigenvalue weighted by Crippen LogP contribution is -2.61. The highest BCUT2D eigenvalue weighted by Gasteiger charge is 2.44. The highest BCUT2D eigenvalue weighted by molar-refractivity contribution is 7.00. The summed E-state index contributed by atoms with van der Waals surface area (Å²) in [6, 6.07) is 63.4. The van der Waals surface area contributed by atoms with Crippen molar-refractivity contribution in [3.8, 4) is 11.1 Å². The molecule has 51 heavy (non-hydrogen) atoms. The van der Waals surface area contributed by atoms with Crippen LogP contribution in [0.25, 0.3) is 32.7 Å². The maximum atomic E-state index is 2.54. The number of hydrogen-bond acceptors (Lipinski definition) is 2. The molecule has 2 aliphatic heterocycles. The molecule has 242 valence electrons. The summed E-state index contributed by atoms with van der Waals surface area (Å²) >= 11 is 0. The molecule has 8 aromatic carbocycles. The van der Waals surface area contributed by atoms with Gasteiger partial charge in [-0.3, -0.25) is 0 Å². The second-order valence-electron chi connectivity index (χ2n) is 15.0. The number of hydrogen-bond donors (Lipinski definition) is 0. The third-order valence-corrected chi connectivity index (χ3v) is 13.0. The van der Waals surface area contributed by atoms with Crippen molar-refractivity contribution in [3.05, 3.63) is 170 Å². The van der Waals surface area contributed by atoms with E-state index in [1.807, 2.05) is 0 Å². The van der Waals surface area contributed by atoms with E-state index in [9.17, 15) is 0 Å². The topological polar surface area (TPSA) is 6.48 Å². The van der Waals surface area contributed by atoms with Crippen LogP contribution in [-0.2, 0) is 0 Å². The molecule has 0 aliphatic carbocycles. The van der Waals surface area contributed by atoms with Gasteiger partial charge in [0.25, 0.3) is 6.71 Å². The van der Waals surface area contributed by atoms with Gasteiger partial charge in [0.05, 0.1) is 8.07 Å². The molecule has 0 radical (unpaired) electrons. The van der Waals surface area contributed by atoms with Gasteiger partial charge in [-0.2, -0.15) is 0 Å². The van der Waals surface area contributed by atoms with Gasteiger partial charge in [-0.15, -0.1) is 0 Å². The fourth-order valence-electron chi connectivity index (χ4n) is 8.54. The minimum Gasteiger partial charge on any atom is -0.311 e. The van der Waals surface area contributed by atoms with Gasteiger partial charge in [0.15, 0.2) is 0 Å². The third kappa shape index (κ3) is 4.63. The lowest BCUT2D eigenvalue weighted by molar-refractivity contribution is 1.27. The van der Waals surface area contributed by atoms with Crippen LogP contribution in [0.1, 0.15) is 0 Å². The Labute approximate surface area is 301 Å². The number of rotatable bonds is 4. The zero-order valence-electron chi connectivity index (χ0n) is 29.1. The lowest BCUT2D eigenvalue weighted by atomic mass is 9.33. The fourth-order valence-corrected chi connectivity index (χ4v) is 9.70. The van der Waals surface area contributed by atoms with E-state index in [2.05, 4.69) is 199 Å². The standard InChI is InChI=1S/C47H37BN2Si/c1-51(2,3)38-26-22-32(23-27-38)35-30-43-45-44(31-35)50(37-18-8-5-9-19-37)47-40-21-13-11-15-34(40)25-29-42(47)48(45)41-28-24-33-14-10-12-20-39(33)46(41)49(43)36-16-6-4-7-17-36/h4-31H,1-3H3. The summed E-state index contributed by atoms with van der Waals surface area (Å²) in [7, 11) is -1.46. The van der Waals surface area contributed by atoms with E-state index in [1.54, 1.807) is 0 Å². The number of fused-ring (bicyclic) bond motifs is 8. The van der Waals surface area contributed by atoms with Crippen LogP contribution >= 0.6 is 0 Å². The van der Waals surface area contributed by atoms with Crippen LogP contribution in [0.3, 0.4) is 0 Å². The van der Waals surface area contributed by atoms with Crippen molar-refractivity contribution in [2.24, 2.45) is 0 Å². The monoisotopic (exact) mass is 668 g/mol. The second-order valence-corrected chi connectivity index (χ2v) is 20.1. The summed E-state index contributed by atoms with van der Waals surface area (Å²) in [6.07, 6.45) is 0. The van der Waals surface area contributed by atoms with E-state index in [4.69, 9.17) is 0 Å². The molecule has 0 saturated carbocycles. The van der Waals surface area contributed by atoms with Gasteiger partial charge in [0.2, 0.25) is 0 Å². The van der Waals surface area contributed by atoms with Crippen molar-refractivity contribution in [2.75, 3.05) is 9.80 Å². The van der Waals surface area contributed by atoms with Crippen LogP contribution in [-0.4, -0.2) is 14.8 Å². The molecule has 0 aromatic heterocycles. The maximum absolute atomic E-state index is 2.54. The number of para-hydroxylation sites is 2. The van der Waals surface area contributed by atoms with E-state index in [-0.39, 0.29) is 6.71 Å². The number of nitrogens with zero attached hydrogens (tertiary/aromatic N) is 2. The molecule has 2 nitrogen and oxygen atoms in total.